The number of anilines is 2. The number of hydrogen-bond acceptors (Lipinski definition) is 5. The Morgan fingerprint density at radius 1 is 1.16 bits per heavy atom. The molecule has 0 unspecified atom stereocenters. The van der Waals surface area contributed by atoms with Crippen LogP contribution >= 0.6 is 0 Å². The molecule has 2 aromatic rings. The van der Waals surface area contributed by atoms with E-state index in [1.165, 1.54) is 33.0 Å². The van der Waals surface area contributed by atoms with Crippen molar-refractivity contribution in [3.8, 4) is 0 Å². The molecule has 166 valence electrons. The third kappa shape index (κ3) is 4.10. The predicted molar refractivity (Wildman–Crippen MR) is 102 cm³/mol. The summed E-state index contributed by atoms with van der Waals surface area (Å²) in [5.74, 6) is -3.11. The second-order valence-corrected chi connectivity index (χ2v) is 7.27. The summed E-state index contributed by atoms with van der Waals surface area (Å²) < 4.78 is 53.2. The lowest BCUT2D eigenvalue weighted by Crippen LogP contribution is -2.50. The largest absolute Gasteiger partial charge is 0.416 e. The number of carbonyl (C=O) groups is 2. The normalized spacial score (nSPS) is 21.5. The van der Waals surface area contributed by atoms with Crippen LogP contribution in [0.4, 0.5) is 29.1 Å². The smallest absolute Gasteiger partial charge is 0.387 e. The maximum atomic E-state index is 13.6. The van der Waals surface area contributed by atoms with Gasteiger partial charge in [-0.15, -0.1) is 0 Å². The van der Waals surface area contributed by atoms with Crippen molar-refractivity contribution in [2.45, 2.75) is 38.3 Å². The molecule has 0 bridgehead atoms. The van der Waals surface area contributed by atoms with Crippen LogP contribution < -0.4 is 9.80 Å². The molecular weight excluding hydrogens is 422 g/mol. The zero-order valence-corrected chi connectivity index (χ0v) is 16.7. The molecule has 0 radical (unpaired) electrons. The molecule has 0 spiro atoms. The highest BCUT2D eigenvalue weighted by Crippen LogP contribution is 2.35. The maximum Gasteiger partial charge on any atom is 0.416 e. The fourth-order valence-electron chi connectivity index (χ4n) is 3.36. The van der Waals surface area contributed by atoms with Crippen LogP contribution in [0.25, 0.3) is 0 Å². The van der Waals surface area contributed by atoms with Gasteiger partial charge in [0.25, 0.3) is 11.8 Å². The Bertz CT molecular complexity index is 1040. The van der Waals surface area contributed by atoms with Gasteiger partial charge in [0.15, 0.2) is 6.10 Å². The number of hydrogen-bond donors (Lipinski definition) is 2. The first kappa shape index (κ1) is 22.6. The van der Waals surface area contributed by atoms with Crippen LogP contribution in [0.2, 0.25) is 0 Å². The summed E-state index contributed by atoms with van der Waals surface area (Å²) in [5, 5.41) is 20.4. The SMILES string of the molecule is Cc1cc(C(F)(F)F)cc(N2C(=O)[C@@H](O)[C@@H](O)[C@H]2C(=O)N(C)c2ccc(F)c(C)c2)n1. The zero-order chi connectivity index (χ0) is 23.2. The first-order valence-electron chi connectivity index (χ1n) is 9.11. The number of aliphatic hydroxyl groups excluding tert-OH is 2. The van der Waals surface area contributed by atoms with Crippen LogP contribution in [-0.4, -0.2) is 52.3 Å². The highest BCUT2D eigenvalue weighted by atomic mass is 19.4. The van der Waals surface area contributed by atoms with E-state index in [-0.39, 0.29) is 16.9 Å². The van der Waals surface area contributed by atoms with Gasteiger partial charge in [-0.25, -0.2) is 9.37 Å². The molecule has 7 nitrogen and oxygen atoms in total. The van der Waals surface area contributed by atoms with Crippen molar-refractivity contribution < 1.29 is 37.4 Å². The van der Waals surface area contributed by atoms with Crippen molar-refractivity contribution in [3.63, 3.8) is 0 Å². The van der Waals surface area contributed by atoms with Gasteiger partial charge in [0, 0.05) is 18.4 Å². The van der Waals surface area contributed by atoms with Crippen molar-refractivity contribution in [2.75, 3.05) is 16.8 Å². The monoisotopic (exact) mass is 441 g/mol. The van der Waals surface area contributed by atoms with E-state index in [2.05, 4.69) is 4.98 Å². The number of benzene rings is 1. The lowest BCUT2D eigenvalue weighted by atomic mass is 10.1. The minimum Gasteiger partial charge on any atom is -0.387 e. The Kier molecular flexibility index (Phi) is 5.76. The van der Waals surface area contributed by atoms with Crippen molar-refractivity contribution in [1.82, 2.24) is 4.98 Å². The quantitative estimate of drug-likeness (QED) is 0.711. The van der Waals surface area contributed by atoms with Gasteiger partial charge in [0.2, 0.25) is 0 Å². The number of aryl methyl sites for hydroxylation is 2. The van der Waals surface area contributed by atoms with E-state index in [0.717, 1.165) is 17.0 Å². The van der Waals surface area contributed by atoms with Crippen molar-refractivity contribution in [2.24, 2.45) is 0 Å². The molecule has 11 heteroatoms. The molecule has 2 amide bonds. The van der Waals surface area contributed by atoms with Gasteiger partial charge in [-0.3, -0.25) is 14.5 Å². The molecular formula is C20H19F4N3O4. The molecule has 3 atom stereocenters. The van der Waals surface area contributed by atoms with Gasteiger partial charge in [-0.1, -0.05) is 0 Å². The third-order valence-corrected chi connectivity index (χ3v) is 5.04. The van der Waals surface area contributed by atoms with Gasteiger partial charge in [0.05, 0.1) is 5.56 Å². The molecule has 1 aliphatic heterocycles. The summed E-state index contributed by atoms with van der Waals surface area (Å²) in [4.78, 5) is 31.1. The lowest BCUT2D eigenvalue weighted by molar-refractivity contribution is -0.137. The Morgan fingerprint density at radius 2 is 1.81 bits per heavy atom. The third-order valence-electron chi connectivity index (χ3n) is 5.04. The molecule has 3 rings (SSSR count). The van der Waals surface area contributed by atoms with Crippen LogP contribution in [0, 0.1) is 19.7 Å². The highest BCUT2D eigenvalue weighted by Gasteiger charge is 2.52. The molecule has 1 aliphatic rings. The number of pyridine rings is 1. The topological polar surface area (TPSA) is 94.0 Å². The second-order valence-electron chi connectivity index (χ2n) is 7.27. The summed E-state index contributed by atoms with van der Waals surface area (Å²) in [6.07, 6.45) is -8.70. The number of nitrogens with zero attached hydrogens (tertiary/aromatic N) is 3. The highest BCUT2D eigenvalue weighted by molar-refractivity contribution is 6.10. The minimum absolute atomic E-state index is 0.0813. The molecule has 2 N–H and O–H groups in total. The summed E-state index contributed by atoms with van der Waals surface area (Å²) in [7, 11) is 1.29. The first-order valence-corrected chi connectivity index (χ1v) is 9.11. The summed E-state index contributed by atoms with van der Waals surface area (Å²) in [6, 6.07) is 3.35. The first-order chi connectivity index (χ1) is 14.3. The van der Waals surface area contributed by atoms with Crippen LogP contribution in [0.15, 0.2) is 30.3 Å². The van der Waals surface area contributed by atoms with Crippen LogP contribution in [0.3, 0.4) is 0 Å². The van der Waals surface area contributed by atoms with E-state index in [1.807, 2.05) is 0 Å². The number of alkyl halides is 3. The van der Waals surface area contributed by atoms with Gasteiger partial charge >= 0.3 is 6.18 Å². The molecule has 0 aliphatic carbocycles. The Balaban J connectivity index is 2.05. The fraction of sp³-hybridized carbons (Fsp3) is 0.350. The maximum absolute atomic E-state index is 13.6. The fourth-order valence-corrected chi connectivity index (χ4v) is 3.36. The van der Waals surface area contributed by atoms with E-state index >= 15 is 0 Å². The lowest BCUT2D eigenvalue weighted by Gasteiger charge is -2.29. The number of aliphatic hydroxyl groups is 2. The molecule has 0 saturated carbocycles. The average Bonchev–Trinajstić information content (AvgIpc) is 2.91. The summed E-state index contributed by atoms with van der Waals surface area (Å²) in [5.41, 5.74) is -0.736. The number of rotatable bonds is 3. The van der Waals surface area contributed by atoms with Crippen molar-refractivity contribution in [3.05, 3.63) is 53.0 Å². The summed E-state index contributed by atoms with van der Waals surface area (Å²) >= 11 is 0. The second kappa shape index (κ2) is 7.89. The number of aromatic nitrogens is 1. The molecule has 1 aromatic carbocycles. The predicted octanol–water partition coefficient (Wildman–Crippen LogP) is 1.96. The zero-order valence-electron chi connectivity index (χ0n) is 16.7. The summed E-state index contributed by atoms with van der Waals surface area (Å²) in [6.45, 7) is 2.74. The van der Waals surface area contributed by atoms with E-state index in [4.69, 9.17) is 0 Å². The average molecular weight is 441 g/mol. The molecule has 2 heterocycles. The van der Waals surface area contributed by atoms with E-state index < -0.39 is 53.4 Å². The molecule has 1 saturated heterocycles. The molecule has 1 fully saturated rings. The van der Waals surface area contributed by atoms with Crippen molar-refractivity contribution >= 4 is 23.3 Å². The number of amides is 2. The molecule has 1 aromatic heterocycles. The molecule has 31 heavy (non-hydrogen) atoms. The van der Waals surface area contributed by atoms with Crippen LogP contribution in [0.1, 0.15) is 16.8 Å². The standard InChI is InChI=1S/C20H19F4N3O4/c1-9-6-12(4-5-13(9)21)26(3)18(30)15-16(28)17(29)19(31)27(15)14-8-11(20(22,23)24)7-10(2)25-14/h4-8,15-17,28-29H,1-3H3/t15-,16-,17-/m0/s1. The Morgan fingerprint density at radius 3 is 2.39 bits per heavy atom. The Hall–Kier alpha value is -3.05. The van der Waals surface area contributed by atoms with E-state index in [1.54, 1.807) is 0 Å². The van der Waals surface area contributed by atoms with Gasteiger partial charge < -0.3 is 15.1 Å². The number of likely N-dealkylation sites (N-methyl/N-ethyl adjacent to an activating group) is 1. The van der Waals surface area contributed by atoms with Gasteiger partial charge in [0.1, 0.15) is 23.8 Å². The van der Waals surface area contributed by atoms with Gasteiger partial charge in [-0.05, 0) is 49.7 Å². The van der Waals surface area contributed by atoms with E-state index in [0.29, 0.717) is 11.0 Å². The Labute approximate surface area is 174 Å². The van der Waals surface area contributed by atoms with Gasteiger partial charge in [-0.2, -0.15) is 13.2 Å². The number of halogens is 4. The van der Waals surface area contributed by atoms with E-state index in [9.17, 15) is 37.4 Å². The van der Waals surface area contributed by atoms with Crippen LogP contribution in [0.5, 0.6) is 0 Å². The van der Waals surface area contributed by atoms with Crippen LogP contribution in [-0.2, 0) is 15.8 Å². The number of carbonyl (C=O) groups excluding carboxylic acids is 2. The van der Waals surface area contributed by atoms with Crippen molar-refractivity contribution in [1.29, 1.82) is 0 Å². The minimum atomic E-state index is -4.75.